The molecule has 30 heavy (non-hydrogen) atoms. The maximum atomic E-state index is 12.4. The van der Waals surface area contributed by atoms with Crippen molar-refractivity contribution < 1.29 is 9.90 Å². The van der Waals surface area contributed by atoms with Gasteiger partial charge < -0.3 is 15.7 Å². The van der Waals surface area contributed by atoms with Crippen LogP contribution in [0.3, 0.4) is 0 Å². The van der Waals surface area contributed by atoms with E-state index in [1.807, 2.05) is 66.9 Å². The average molecular weight is 422 g/mol. The van der Waals surface area contributed by atoms with Gasteiger partial charge in [0.05, 0.1) is 23.4 Å². The van der Waals surface area contributed by atoms with Crippen molar-refractivity contribution >= 4 is 17.2 Å². The van der Waals surface area contributed by atoms with Crippen molar-refractivity contribution in [2.45, 2.75) is 50.9 Å². The number of hydrogen-bond acceptors (Lipinski definition) is 5. The average Bonchev–Trinajstić information content (AvgIpc) is 3.41. The summed E-state index contributed by atoms with van der Waals surface area (Å²) in [6, 6.07) is 18.0. The maximum Gasteiger partial charge on any atom is 0.251 e. The summed E-state index contributed by atoms with van der Waals surface area (Å²) in [6.07, 6.45) is 2.39. The summed E-state index contributed by atoms with van der Waals surface area (Å²) in [4.78, 5) is 16.7. The molecule has 0 unspecified atom stereocenters. The zero-order valence-corrected chi connectivity index (χ0v) is 17.9. The summed E-state index contributed by atoms with van der Waals surface area (Å²) in [5, 5.41) is 20.1. The lowest BCUT2D eigenvalue weighted by Crippen LogP contribution is -2.35. The van der Waals surface area contributed by atoms with Crippen LogP contribution in [0, 0.1) is 6.92 Å². The molecule has 156 valence electrons. The van der Waals surface area contributed by atoms with E-state index in [1.165, 1.54) is 5.56 Å². The molecule has 0 bridgehead atoms. The van der Waals surface area contributed by atoms with Gasteiger partial charge in [-0.2, -0.15) is 0 Å². The first kappa shape index (κ1) is 20.7. The normalized spacial score (nSPS) is 19.5. The van der Waals surface area contributed by atoms with E-state index >= 15 is 0 Å². The second-order valence-electron chi connectivity index (χ2n) is 7.84. The first-order chi connectivity index (χ1) is 14.6. The third-order valence-electron chi connectivity index (χ3n) is 5.59. The molecule has 6 heteroatoms. The van der Waals surface area contributed by atoms with Gasteiger partial charge in [0, 0.05) is 23.0 Å². The number of aliphatic hydroxyl groups excluding tert-OH is 1. The Hall–Kier alpha value is -2.54. The van der Waals surface area contributed by atoms with Gasteiger partial charge in [0.2, 0.25) is 0 Å². The number of aryl methyl sites for hydroxylation is 1. The topological polar surface area (TPSA) is 74.2 Å². The van der Waals surface area contributed by atoms with Gasteiger partial charge in [0.15, 0.2) is 0 Å². The van der Waals surface area contributed by atoms with Crippen molar-refractivity contribution in [3.05, 3.63) is 87.4 Å². The molecule has 5 nitrogen and oxygen atoms in total. The molecule has 0 spiro atoms. The van der Waals surface area contributed by atoms with Gasteiger partial charge in [0.25, 0.3) is 5.91 Å². The number of nitrogens with zero attached hydrogens (tertiary/aromatic N) is 1. The van der Waals surface area contributed by atoms with Crippen LogP contribution in [-0.4, -0.2) is 28.1 Å². The molecule has 0 aliphatic carbocycles. The van der Waals surface area contributed by atoms with Crippen molar-refractivity contribution in [3.8, 4) is 0 Å². The Kier molecular flexibility index (Phi) is 6.57. The van der Waals surface area contributed by atoms with E-state index in [9.17, 15) is 9.90 Å². The van der Waals surface area contributed by atoms with Crippen molar-refractivity contribution in [3.63, 3.8) is 0 Å². The van der Waals surface area contributed by atoms with Gasteiger partial charge in [-0.15, -0.1) is 11.3 Å². The lowest BCUT2D eigenvalue weighted by atomic mass is 10.0. The van der Waals surface area contributed by atoms with E-state index in [2.05, 4.69) is 15.6 Å². The minimum Gasteiger partial charge on any atom is -0.387 e. The molecule has 3 N–H and O–H groups in total. The van der Waals surface area contributed by atoms with E-state index in [-0.39, 0.29) is 11.9 Å². The van der Waals surface area contributed by atoms with Crippen LogP contribution in [0.1, 0.15) is 51.1 Å². The number of benzene rings is 2. The predicted molar refractivity (Wildman–Crippen MR) is 120 cm³/mol. The molecule has 3 atom stereocenters. The lowest BCUT2D eigenvalue weighted by Gasteiger charge is -2.20. The quantitative estimate of drug-likeness (QED) is 0.543. The van der Waals surface area contributed by atoms with Gasteiger partial charge in [-0.25, -0.2) is 4.98 Å². The van der Waals surface area contributed by atoms with Gasteiger partial charge in [-0.05, 0) is 49.4 Å². The van der Waals surface area contributed by atoms with Gasteiger partial charge >= 0.3 is 0 Å². The highest BCUT2D eigenvalue weighted by atomic mass is 32.1. The lowest BCUT2D eigenvalue weighted by molar-refractivity contribution is 0.0950. The number of carbonyl (C=O) groups is 1. The highest BCUT2D eigenvalue weighted by molar-refractivity contribution is 7.09. The Labute approximate surface area is 181 Å². The van der Waals surface area contributed by atoms with Crippen molar-refractivity contribution in [1.82, 2.24) is 15.6 Å². The van der Waals surface area contributed by atoms with Crippen LogP contribution in [-0.2, 0) is 13.0 Å². The van der Waals surface area contributed by atoms with E-state index in [1.54, 1.807) is 11.3 Å². The van der Waals surface area contributed by atoms with E-state index in [0.29, 0.717) is 18.2 Å². The molecule has 1 saturated heterocycles. The highest BCUT2D eigenvalue weighted by Crippen LogP contribution is 2.26. The van der Waals surface area contributed by atoms with Crippen LogP contribution in [0.15, 0.2) is 60.0 Å². The zero-order valence-electron chi connectivity index (χ0n) is 17.0. The molecule has 1 amide bonds. The fourth-order valence-electron chi connectivity index (χ4n) is 3.98. The molecular formula is C24H27N3O2S. The summed E-state index contributed by atoms with van der Waals surface area (Å²) >= 11 is 1.59. The Morgan fingerprint density at radius 1 is 1.20 bits per heavy atom. The summed E-state index contributed by atoms with van der Waals surface area (Å²) in [5.41, 5.74) is 3.69. The van der Waals surface area contributed by atoms with Crippen LogP contribution in [0.5, 0.6) is 0 Å². The Balaban J connectivity index is 1.28. The number of hydrogen-bond donors (Lipinski definition) is 3. The van der Waals surface area contributed by atoms with Crippen LogP contribution >= 0.6 is 11.3 Å². The van der Waals surface area contributed by atoms with Crippen molar-refractivity contribution in [2.75, 3.05) is 0 Å². The Bertz CT molecular complexity index is 972. The molecule has 0 saturated carbocycles. The van der Waals surface area contributed by atoms with Gasteiger partial charge in [-0.3, -0.25) is 4.79 Å². The summed E-state index contributed by atoms with van der Waals surface area (Å²) < 4.78 is 0. The minimum atomic E-state index is -0.483. The third-order valence-corrected chi connectivity index (χ3v) is 6.42. The molecule has 1 fully saturated rings. The monoisotopic (exact) mass is 421 g/mol. The summed E-state index contributed by atoms with van der Waals surface area (Å²) in [5.74, 6) is -0.0859. The first-order valence-corrected chi connectivity index (χ1v) is 11.2. The number of rotatable bonds is 7. The molecule has 2 heterocycles. The van der Waals surface area contributed by atoms with Crippen molar-refractivity contribution in [2.24, 2.45) is 0 Å². The number of aromatic nitrogens is 1. The third kappa shape index (κ3) is 5.14. The first-order valence-electron chi connectivity index (χ1n) is 10.4. The molecule has 0 radical (unpaired) electrons. The Morgan fingerprint density at radius 3 is 2.67 bits per heavy atom. The number of carbonyl (C=O) groups excluding carboxylic acids is 1. The molecule has 1 aliphatic rings. The van der Waals surface area contributed by atoms with Crippen LogP contribution in [0.2, 0.25) is 0 Å². The summed E-state index contributed by atoms with van der Waals surface area (Å²) in [7, 11) is 0. The smallest absolute Gasteiger partial charge is 0.251 e. The van der Waals surface area contributed by atoms with Crippen molar-refractivity contribution in [1.29, 1.82) is 0 Å². The Morgan fingerprint density at radius 2 is 1.97 bits per heavy atom. The molecule has 3 aromatic rings. The fraction of sp³-hybridized carbons (Fsp3) is 0.333. The zero-order chi connectivity index (χ0) is 20.9. The minimum absolute atomic E-state index is 0.0804. The van der Waals surface area contributed by atoms with E-state index < -0.39 is 6.10 Å². The molecule has 1 aliphatic heterocycles. The number of amides is 1. The van der Waals surface area contributed by atoms with E-state index in [0.717, 1.165) is 35.5 Å². The van der Waals surface area contributed by atoms with Crippen LogP contribution < -0.4 is 10.6 Å². The van der Waals surface area contributed by atoms with Crippen LogP contribution in [0.4, 0.5) is 0 Å². The maximum absolute atomic E-state index is 12.4. The number of nitrogens with one attached hydrogen (secondary N) is 2. The number of thiazole rings is 1. The second-order valence-corrected chi connectivity index (χ2v) is 8.91. The molecule has 1 aromatic heterocycles. The SMILES string of the molecule is Cc1nc(CNC(=O)c2ccc(C[C@@H]3CC[C@H]([C@H](O)c4ccccc4)N3)cc2)cs1. The van der Waals surface area contributed by atoms with Gasteiger partial charge in [-0.1, -0.05) is 42.5 Å². The predicted octanol–water partition coefficient (Wildman–Crippen LogP) is 3.78. The van der Waals surface area contributed by atoms with Crippen LogP contribution in [0.25, 0.3) is 0 Å². The molecule has 4 rings (SSSR count). The standard InChI is InChI=1S/C24H27N3O2S/c1-16-26-21(15-30-16)14-25-24(29)19-9-7-17(8-10-19)13-20-11-12-22(27-20)23(28)18-5-3-2-4-6-18/h2-10,15,20,22-23,27-28H,11-14H2,1H3,(H,25,29)/t20-,22+,23+/m0/s1. The molecule has 2 aromatic carbocycles. The number of aliphatic hydroxyl groups is 1. The second kappa shape index (κ2) is 9.51. The van der Waals surface area contributed by atoms with Gasteiger partial charge in [0.1, 0.15) is 0 Å². The van der Waals surface area contributed by atoms with E-state index in [4.69, 9.17) is 0 Å². The fourth-order valence-corrected chi connectivity index (χ4v) is 4.59. The molecular weight excluding hydrogens is 394 g/mol. The largest absolute Gasteiger partial charge is 0.387 e. The highest BCUT2D eigenvalue weighted by Gasteiger charge is 2.29. The summed E-state index contributed by atoms with van der Waals surface area (Å²) in [6.45, 7) is 2.40.